The van der Waals surface area contributed by atoms with E-state index in [4.69, 9.17) is 5.73 Å². The maximum absolute atomic E-state index is 13.1. The van der Waals surface area contributed by atoms with Crippen LogP contribution in [0.15, 0.2) is 42.5 Å². The minimum absolute atomic E-state index is 0. The second-order valence-corrected chi connectivity index (χ2v) is 6.49. The number of ether oxygens (including phenoxy) is 1. The summed E-state index contributed by atoms with van der Waals surface area (Å²) in [6.07, 6.45) is -4.46. The molecule has 4 nitrogen and oxygen atoms in total. The number of hydrogen-bond acceptors (Lipinski definition) is 3. The molecule has 0 unspecified atom stereocenters. The van der Waals surface area contributed by atoms with Crippen molar-refractivity contribution in [2.45, 2.75) is 38.2 Å². The Morgan fingerprint density at radius 1 is 1.17 bits per heavy atom. The van der Waals surface area contributed by atoms with E-state index in [1.165, 1.54) is 29.2 Å². The maximum atomic E-state index is 13.1. The van der Waals surface area contributed by atoms with Gasteiger partial charge >= 0.3 is 12.8 Å². The monoisotopic (exact) mass is 436 g/mol. The summed E-state index contributed by atoms with van der Waals surface area (Å²) in [5, 5.41) is 0. The summed E-state index contributed by atoms with van der Waals surface area (Å²) in [5.74, 6) is -0.656. The predicted molar refractivity (Wildman–Crippen MR) is 99.3 cm³/mol. The van der Waals surface area contributed by atoms with E-state index < -0.39 is 36.3 Å². The molecule has 1 heterocycles. The summed E-state index contributed by atoms with van der Waals surface area (Å²) in [5.41, 5.74) is 6.03. The van der Waals surface area contributed by atoms with Crippen molar-refractivity contribution in [1.29, 1.82) is 0 Å². The van der Waals surface area contributed by atoms with Crippen LogP contribution >= 0.6 is 12.4 Å². The number of carbonyl (C=O) groups excluding carboxylic acids is 1. The topological polar surface area (TPSA) is 55.6 Å². The van der Waals surface area contributed by atoms with E-state index in [-0.39, 0.29) is 30.3 Å². The molecule has 0 aliphatic carbocycles. The van der Waals surface area contributed by atoms with Crippen LogP contribution in [0.2, 0.25) is 0 Å². The van der Waals surface area contributed by atoms with Gasteiger partial charge in [0.2, 0.25) is 5.91 Å². The number of nitrogens with zero attached hydrogens (tertiary/aromatic N) is 1. The van der Waals surface area contributed by atoms with Gasteiger partial charge in [0.15, 0.2) is 0 Å². The zero-order valence-corrected chi connectivity index (χ0v) is 15.9. The van der Waals surface area contributed by atoms with Crippen LogP contribution in [-0.4, -0.2) is 18.6 Å². The van der Waals surface area contributed by atoms with Gasteiger partial charge in [-0.3, -0.25) is 4.79 Å². The van der Waals surface area contributed by atoms with Gasteiger partial charge in [-0.15, -0.1) is 12.4 Å². The van der Waals surface area contributed by atoms with E-state index in [2.05, 4.69) is 4.74 Å². The molecule has 1 aliphatic rings. The molecule has 1 amide bonds. The standard InChI is InChI=1S/C19H17F5N2O2.ClH/c1-10(11-3-2-4-14(7-11)28-18(20)21)26-16-9-13(19(22,23)24)6-5-12(16)8-15(25)17(26)27;/h2-7,9-10,15,18H,8,25H2,1H3;1H/t10-,15+;/m0./s1. The number of amides is 1. The van der Waals surface area contributed by atoms with Crippen molar-refractivity contribution in [3.63, 3.8) is 0 Å². The van der Waals surface area contributed by atoms with Crippen LogP contribution in [0.1, 0.15) is 29.7 Å². The first-order chi connectivity index (χ1) is 13.1. The molecule has 0 saturated carbocycles. The first kappa shape index (κ1) is 22.9. The van der Waals surface area contributed by atoms with Crippen molar-refractivity contribution in [3.8, 4) is 5.75 Å². The largest absolute Gasteiger partial charge is 0.435 e. The lowest BCUT2D eigenvalue weighted by atomic mass is 9.93. The van der Waals surface area contributed by atoms with Gasteiger partial charge in [0.1, 0.15) is 5.75 Å². The van der Waals surface area contributed by atoms with Crippen LogP contribution in [0.25, 0.3) is 0 Å². The third kappa shape index (κ3) is 4.79. The fourth-order valence-electron chi connectivity index (χ4n) is 3.26. The van der Waals surface area contributed by atoms with Crippen molar-refractivity contribution >= 4 is 24.0 Å². The molecule has 2 atom stereocenters. The van der Waals surface area contributed by atoms with E-state index in [0.29, 0.717) is 11.1 Å². The molecule has 2 aromatic carbocycles. The van der Waals surface area contributed by atoms with Gasteiger partial charge in [-0.05, 0) is 48.7 Å². The van der Waals surface area contributed by atoms with Crippen molar-refractivity contribution in [2.75, 3.05) is 4.90 Å². The highest BCUT2D eigenvalue weighted by Gasteiger charge is 2.37. The smallest absolute Gasteiger partial charge is 0.416 e. The number of fused-ring (bicyclic) bond motifs is 1. The van der Waals surface area contributed by atoms with E-state index >= 15 is 0 Å². The minimum Gasteiger partial charge on any atom is -0.435 e. The van der Waals surface area contributed by atoms with Crippen LogP contribution in [-0.2, 0) is 17.4 Å². The number of hydrogen-bond donors (Lipinski definition) is 1. The summed E-state index contributed by atoms with van der Waals surface area (Å²) in [6.45, 7) is -1.44. The Morgan fingerprint density at radius 2 is 1.86 bits per heavy atom. The minimum atomic E-state index is -4.57. The second-order valence-electron chi connectivity index (χ2n) is 6.49. The van der Waals surface area contributed by atoms with Gasteiger partial charge < -0.3 is 15.4 Å². The first-order valence-electron chi connectivity index (χ1n) is 8.41. The zero-order valence-electron chi connectivity index (χ0n) is 15.1. The normalized spacial score (nSPS) is 17.6. The van der Waals surface area contributed by atoms with Gasteiger partial charge in [-0.1, -0.05) is 18.2 Å². The van der Waals surface area contributed by atoms with E-state index in [0.717, 1.165) is 12.1 Å². The summed E-state index contributed by atoms with van der Waals surface area (Å²) in [7, 11) is 0. The van der Waals surface area contributed by atoms with E-state index in [9.17, 15) is 26.7 Å². The fraction of sp³-hybridized carbons (Fsp3) is 0.316. The molecule has 10 heteroatoms. The lowest BCUT2D eigenvalue weighted by Gasteiger charge is -2.37. The molecule has 0 aromatic heterocycles. The molecule has 0 spiro atoms. The average Bonchev–Trinajstić information content (AvgIpc) is 2.61. The Kier molecular flexibility index (Phi) is 6.74. The number of rotatable bonds is 4. The van der Waals surface area contributed by atoms with Gasteiger partial charge in [0.05, 0.1) is 17.6 Å². The molecule has 0 saturated heterocycles. The predicted octanol–water partition coefficient (Wildman–Crippen LogP) is 4.71. The highest BCUT2D eigenvalue weighted by atomic mass is 35.5. The Labute approximate surface area is 169 Å². The SMILES string of the molecule is C[C@@H](c1cccc(OC(F)F)c1)N1C(=O)[C@H](N)Cc2ccc(C(F)(F)F)cc21.Cl. The molecule has 1 aliphatic heterocycles. The lowest BCUT2D eigenvalue weighted by Crippen LogP contribution is -2.49. The Balaban J connectivity index is 0.00000300. The number of carbonyl (C=O) groups is 1. The van der Waals surface area contributed by atoms with Crippen molar-refractivity contribution in [2.24, 2.45) is 5.73 Å². The van der Waals surface area contributed by atoms with Gasteiger partial charge in [-0.2, -0.15) is 22.0 Å². The Bertz CT molecular complexity index is 891. The van der Waals surface area contributed by atoms with Crippen LogP contribution in [0.3, 0.4) is 0 Å². The summed E-state index contributed by atoms with van der Waals surface area (Å²) in [6, 6.07) is 7.18. The number of benzene rings is 2. The molecule has 0 bridgehead atoms. The second kappa shape index (κ2) is 8.54. The third-order valence-electron chi connectivity index (χ3n) is 4.62. The first-order valence-corrected chi connectivity index (χ1v) is 8.41. The average molecular weight is 437 g/mol. The molecule has 158 valence electrons. The number of halogens is 6. The number of anilines is 1. The van der Waals surface area contributed by atoms with Gasteiger partial charge in [0.25, 0.3) is 0 Å². The van der Waals surface area contributed by atoms with Crippen molar-refractivity contribution < 1.29 is 31.5 Å². The van der Waals surface area contributed by atoms with Crippen LogP contribution in [0, 0.1) is 0 Å². The molecular formula is C19H18ClF5N2O2. The van der Waals surface area contributed by atoms with Crippen LogP contribution in [0.5, 0.6) is 5.75 Å². The van der Waals surface area contributed by atoms with Crippen LogP contribution in [0.4, 0.5) is 27.6 Å². The molecule has 2 N–H and O–H groups in total. The number of alkyl halides is 5. The molecule has 2 aromatic rings. The van der Waals surface area contributed by atoms with Crippen molar-refractivity contribution in [3.05, 3.63) is 59.2 Å². The molecule has 29 heavy (non-hydrogen) atoms. The Morgan fingerprint density at radius 3 is 2.48 bits per heavy atom. The Hall–Kier alpha value is -2.39. The molecule has 0 radical (unpaired) electrons. The van der Waals surface area contributed by atoms with Crippen molar-refractivity contribution in [1.82, 2.24) is 0 Å². The van der Waals surface area contributed by atoms with Gasteiger partial charge in [-0.25, -0.2) is 0 Å². The third-order valence-corrected chi connectivity index (χ3v) is 4.62. The summed E-state index contributed by atoms with van der Waals surface area (Å²) in [4.78, 5) is 13.9. The summed E-state index contributed by atoms with van der Waals surface area (Å²) >= 11 is 0. The molecule has 3 rings (SSSR count). The fourth-order valence-corrected chi connectivity index (χ4v) is 3.26. The maximum Gasteiger partial charge on any atom is 0.416 e. The number of nitrogens with two attached hydrogens (primary N) is 1. The highest BCUT2D eigenvalue weighted by molar-refractivity contribution is 6.00. The zero-order chi connectivity index (χ0) is 20.6. The van der Waals surface area contributed by atoms with Gasteiger partial charge in [0, 0.05) is 5.69 Å². The van der Waals surface area contributed by atoms with E-state index in [1.54, 1.807) is 13.0 Å². The summed E-state index contributed by atoms with van der Waals surface area (Å²) < 4.78 is 68.7. The van der Waals surface area contributed by atoms with E-state index in [1.807, 2.05) is 0 Å². The molecule has 0 fully saturated rings. The lowest BCUT2D eigenvalue weighted by molar-refractivity contribution is -0.137. The van der Waals surface area contributed by atoms with Crippen LogP contribution < -0.4 is 15.4 Å². The molecular weight excluding hydrogens is 419 g/mol. The highest BCUT2D eigenvalue weighted by Crippen LogP contribution is 2.39. The quantitative estimate of drug-likeness (QED) is 0.706.